The maximum atomic E-state index is 9.75. The number of nitriles is 1. The fourth-order valence-electron chi connectivity index (χ4n) is 1.62. The van der Waals surface area contributed by atoms with E-state index in [0.29, 0.717) is 24.4 Å². The molecule has 0 fully saturated rings. The average molecular weight is 249 g/mol. The molecule has 1 unspecified atom stereocenters. The van der Waals surface area contributed by atoms with Crippen molar-refractivity contribution < 1.29 is 9.84 Å². The highest BCUT2D eigenvalue weighted by molar-refractivity contribution is 5.59. The van der Waals surface area contributed by atoms with Crippen LogP contribution >= 0.6 is 0 Å². The van der Waals surface area contributed by atoms with E-state index in [2.05, 4.69) is 11.4 Å². The number of nitrogens with zero attached hydrogens (tertiary/aromatic N) is 2. The molecule has 0 heterocycles. The van der Waals surface area contributed by atoms with Gasteiger partial charge in [0.25, 0.3) is 0 Å². The number of anilines is 1. The zero-order valence-corrected chi connectivity index (χ0v) is 11.0. The predicted octanol–water partition coefficient (Wildman–Crippen LogP) is 0.901. The van der Waals surface area contributed by atoms with Crippen LogP contribution in [0.25, 0.3) is 0 Å². The summed E-state index contributed by atoms with van der Waals surface area (Å²) >= 11 is 0. The third kappa shape index (κ3) is 4.24. The van der Waals surface area contributed by atoms with Crippen molar-refractivity contribution >= 4 is 5.69 Å². The molecular formula is C13H19N3O2. The van der Waals surface area contributed by atoms with Crippen LogP contribution in [0.5, 0.6) is 5.75 Å². The number of methoxy groups -OCH3 is 1. The first-order valence-corrected chi connectivity index (χ1v) is 5.71. The van der Waals surface area contributed by atoms with Crippen LogP contribution in [0, 0.1) is 11.3 Å². The van der Waals surface area contributed by atoms with Gasteiger partial charge in [-0.1, -0.05) is 0 Å². The molecular weight excluding hydrogens is 230 g/mol. The van der Waals surface area contributed by atoms with Crippen LogP contribution in [-0.2, 0) is 0 Å². The van der Waals surface area contributed by atoms with E-state index in [0.717, 1.165) is 5.69 Å². The van der Waals surface area contributed by atoms with Gasteiger partial charge in [0.15, 0.2) is 0 Å². The Morgan fingerprint density at radius 2 is 2.22 bits per heavy atom. The minimum Gasteiger partial charge on any atom is -0.495 e. The van der Waals surface area contributed by atoms with Gasteiger partial charge in [-0.25, -0.2) is 0 Å². The summed E-state index contributed by atoms with van der Waals surface area (Å²) in [6.45, 7) is 1.02. The zero-order chi connectivity index (χ0) is 13.5. The molecule has 98 valence electrons. The molecule has 0 spiro atoms. The molecule has 0 aromatic heterocycles. The van der Waals surface area contributed by atoms with Crippen molar-refractivity contribution in [3.8, 4) is 11.8 Å². The average Bonchev–Trinajstić information content (AvgIpc) is 2.35. The Hall–Kier alpha value is -1.77. The van der Waals surface area contributed by atoms with Crippen molar-refractivity contribution in [2.75, 3.05) is 39.6 Å². The Labute approximate surface area is 108 Å². The first kappa shape index (κ1) is 14.3. The van der Waals surface area contributed by atoms with E-state index in [1.165, 1.54) is 0 Å². The Kier molecular flexibility index (Phi) is 5.43. The third-order valence-electron chi connectivity index (χ3n) is 2.43. The van der Waals surface area contributed by atoms with Gasteiger partial charge < -0.3 is 20.1 Å². The molecule has 0 bridgehead atoms. The van der Waals surface area contributed by atoms with Crippen LogP contribution in [0.15, 0.2) is 18.2 Å². The summed E-state index contributed by atoms with van der Waals surface area (Å²) in [6, 6.07) is 7.21. The molecule has 0 aliphatic heterocycles. The number of aliphatic hydroxyl groups excluding tert-OH is 1. The summed E-state index contributed by atoms with van der Waals surface area (Å²) in [4.78, 5) is 1.92. The fraction of sp³-hybridized carbons (Fsp3) is 0.462. The second kappa shape index (κ2) is 6.84. The third-order valence-corrected chi connectivity index (χ3v) is 2.43. The van der Waals surface area contributed by atoms with E-state index < -0.39 is 6.10 Å². The minimum atomic E-state index is -0.458. The fourth-order valence-corrected chi connectivity index (χ4v) is 1.62. The van der Waals surface area contributed by atoms with Gasteiger partial charge in [-0.3, -0.25) is 0 Å². The van der Waals surface area contributed by atoms with Crippen LogP contribution < -0.4 is 10.1 Å². The molecule has 0 amide bonds. The lowest BCUT2D eigenvalue weighted by Gasteiger charge is -2.18. The number of nitrogens with one attached hydrogen (secondary N) is 1. The lowest BCUT2D eigenvalue weighted by atomic mass is 10.2. The molecule has 5 heteroatoms. The van der Waals surface area contributed by atoms with Crippen LogP contribution in [-0.4, -0.2) is 50.4 Å². The highest BCUT2D eigenvalue weighted by Crippen LogP contribution is 2.25. The minimum absolute atomic E-state index is 0.431. The molecule has 0 radical (unpaired) electrons. The monoisotopic (exact) mass is 249 g/mol. The SMILES string of the molecule is COc1cc(C#N)ccc1NCC(O)CN(C)C. The summed E-state index contributed by atoms with van der Waals surface area (Å²) in [6.07, 6.45) is -0.458. The second-order valence-corrected chi connectivity index (χ2v) is 4.32. The number of hydrogen-bond donors (Lipinski definition) is 2. The number of likely N-dealkylation sites (N-methyl/N-ethyl adjacent to an activating group) is 1. The zero-order valence-electron chi connectivity index (χ0n) is 11.0. The molecule has 1 aromatic rings. The lowest BCUT2D eigenvalue weighted by molar-refractivity contribution is 0.148. The molecule has 0 aliphatic rings. The van der Waals surface area contributed by atoms with Gasteiger partial charge in [0.2, 0.25) is 0 Å². The van der Waals surface area contributed by atoms with Crippen molar-refractivity contribution in [2.45, 2.75) is 6.10 Å². The number of rotatable bonds is 6. The Morgan fingerprint density at radius 1 is 1.50 bits per heavy atom. The summed E-state index contributed by atoms with van der Waals surface area (Å²) in [5.41, 5.74) is 1.32. The number of aliphatic hydroxyl groups is 1. The van der Waals surface area contributed by atoms with E-state index in [4.69, 9.17) is 10.00 Å². The first-order chi connectivity index (χ1) is 8.56. The molecule has 0 aliphatic carbocycles. The van der Waals surface area contributed by atoms with Crippen LogP contribution in [0.4, 0.5) is 5.69 Å². The van der Waals surface area contributed by atoms with Crippen molar-refractivity contribution in [1.29, 1.82) is 5.26 Å². The quantitative estimate of drug-likeness (QED) is 0.784. The summed E-state index contributed by atoms with van der Waals surface area (Å²) < 4.78 is 5.20. The Morgan fingerprint density at radius 3 is 2.78 bits per heavy atom. The van der Waals surface area contributed by atoms with Crippen LogP contribution in [0.2, 0.25) is 0 Å². The highest BCUT2D eigenvalue weighted by atomic mass is 16.5. The van der Waals surface area contributed by atoms with E-state index in [9.17, 15) is 5.11 Å². The second-order valence-electron chi connectivity index (χ2n) is 4.32. The largest absolute Gasteiger partial charge is 0.495 e. The Balaban J connectivity index is 2.65. The number of ether oxygens (including phenoxy) is 1. The van der Waals surface area contributed by atoms with E-state index in [-0.39, 0.29) is 0 Å². The number of benzene rings is 1. The topological polar surface area (TPSA) is 68.5 Å². The van der Waals surface area contributed by atoms with E-state index in [1.807, 2.05) is 19.0 Å². The van der Waals surface area contributed by atoms with Gasteiger partial charge >= 0.3 is 0 Å². The van der Waals surface area contributed by atoms with Gasteiger partial charge in [-0.05, 0) is 26.2 Å². The Bertz CT molecular complexity index is 427. The predicted molar refractivity (Wildman–Crippen MR) is 70.8 cm³/mol. The van der Waals surface area contributed by atoms with Gasteiger partial charge in [0.1, 0.15) is 5.75 Å². The van der Waals surface area contributed by atoms with E-state index in [1.54, 1.807) is 25.3 Å². The smallest absolute Gasteiger partial charge is 0.143 e. The van der Waals surface area contributed by atoms with Crippen LogP contribution in [0.3, 0.4) is 0 Å². The molecule has 1 aromatic carbocycles. The molecule has 1 atom stereocenters. The van der Waals surface area contributed by atoms with Gasteiger partial charge in [-0.2, -0.15) is 5.26 Å². The molecule has 18 heavy (non-hydrogen) atoms. The first-order valence-electron chi connectivity index (χ1n) is 5.71. The normalized spacial score (nSPS) is 12.0. The standard InChI is InChI=1S/C13H19N3O2/c1-16(2)9-11(17)8-15-12-5-4-10(7-14)6-13(12)18-3/h4-6,11,15,17H,8-9H2,1-3H3. The lowest BCUT2D eigenvalue weighted by Crippen LogP contribution is -2.31. The summed E-state index contributed by atoms with van der Waals surface area (Å²) in [5, 5.41) is 21.7. The van der Waals surface area contributed by atoms with Gasteiger partial charge in [-0.15, -0.1) is 0 Å². The van der Waals surface area contributed by atoms with Gasteiger partial charge in [0, 0.05) is 19.2 Å². The summed E-state index contributed by atoms with van der Waals surface area (Å²) in [7, 11) is 5.37. The van der Waals surface area contributed by atoms with Crippen molar-refractivity contribution in [1.82, 2.24) is 4.90 Å². The summed E-state index contributed by atoms with van der Waals surface area (Å²) in [5.74, 6) is 0.603. The van der Waals surface area contributed by atoms with Crippen molar-refractivity contribution in [2.24, 2.45) is 0 Å². The maximum Gasteiger partial charge on any atom is 0.143 e. The molecule has 5 nitrogen and oxygen atoms in total. The molecule has 2 N–H and O–H groups in total. The number of hydrogen-bond acceptors (Lipinski definition) is 5. The van der Waals surface area contributed by atoms with Crippen molar-refractivity contribution in [3.05, 3.63) is 23.8 Å². The maximum absolute atomic E-state index is 9.75. The molecule has 1 rings (SSSR count). The molecule has 0 saturated carbocycles. The van der Waals surface area contributed by atoms with Crippen LogP contribution in [0.1, 0.15) is 5.56 Å². The van der Waals surface area contributed by atoms with E-state index >= 15 is 0 Å². The molecule has 0 saturated heterocycles. The van der Waals surface area contributed by atoms with Gasteiger partial charge in [0.05, 0.1) is 30.5 Å². The highest BCUT2D eigenvalue weighted by Gasteiger charge is 2.08. The van der Waals surface area contributed by atoms with Crippen molar-refractivity contribution in [3.63, 3.8) is 0 Å².